The van der Waals surface area contributed by atoms with Crippen LogP contribution in [-0.4, -0.2) is 13.7 Å². The predicted octanol–water partition coefficient (Wildman–Crippen LogP) is 2.16. The lowest BCUT2D eigenvalue weighted by molar-refractivity contribution is 0.108. The van der Waals surface area contributed by atoms with Crippen LogP contribution in [0, 0.1) is 0 Å². The second-order valence-corrected chi connectivity index (χ2v) is 5.15. The molecule has 3 N–H and O–H groups in total. The number of halogens is 2. The van der Waals surface area contributed by atoms with Crippen molar-refractivity contribution in [1.29, 1.82) is 0 Å². The molecular formula is C7H7Cl2NO3S. The van der Waals surface area contributed by atoms with Crippen molar-refractivity contribution in [2.75, 3.05) is 0 Å². The molecule has 1 aromatic rings. The fraction of sp³-hybridized carbons (Fsp3) is 0. The minimum atomic E-state index is -3.80. The maximum absolute atomic E-state index is 10.8. The van der Waals surface area contributed by atoms with Crippen molar-refractivity contribution in [3.63, 3.8) is 0 Å². The third kappa shape index (κ3) is 3.26. The Morgan fingerprint density at radius 1 is 1.29 bits per heavy atom. The SMILES string of the molecule is N.O=C(Cl)c1cccc(S(=O)(=O)Cl)c1. The summed E-state index contributed by atoms with van der Waals surface area (Å²) >= 11 is 5.15. The molecule has 7 heteroatoms. The molecule has 4 nitrogen and oxygen atoms in total. The Hall–Kier alpha value is -0.620. The summed E-state index contributed by atoms with van der Waals surface area (Å²) in [6.45, 7) is 0. The molecule has 78 valence electrons. The van der Waals surface area contributed by atoms with E-state index in [-0.39, 0.29) is 16.6 Å². The maximum Gasteiger partial charge on any atom is 0.261 e. The van der Waals surface area contributed by atoms with Crippen molar-refractivity contribution in [3.05, 3.63) is 29.8 Å². The van der Waals surface area contributed by atoms with Crippen LogP contribution in [-0.2, 0) is 9.05 Å². The van der Waals surface area contributed by atoms with Gasteiger partial charge in [0.1, 0.15) is 0 Å². The lowest BCUT2D eigenvalue weighted by Crippen LogP contribution is -1.94. The summed E-state index contributed by atoms with van der Waals surface area (Å²) in [5.74, 6) is 0. The van der Waals surface area contributed by atoms with Crippen molar-refractivity contribution in [3.8, 4) is 0 Å². The van der Waals surface area contributed by atoms with Gasteiger partial charge in [-0.3, -0.25) is 4.79 Å². The molecule has 0 aliphatic carbocycles. The van der Waals surface area contributed by atoms with Gasteiger partial charge in [0.2, 0.25) is 0 Å². The van der Waals surface area contributed by atoms with E-state index in [1.54, 1.807) is 0 Å². The first-order valence-corrected chi connectivity index (χ1v) is 5.84. The van der Waals surface area contributed by atoms with Crippen LogP contribution in [0.15, 0.2) is 29.2 Å². The molecule has 0 saturated carbocycles. The third-order valence-corrected chi connectivity index (χ3v) is 2.91. The molecule has 0 aliphatic heterocycles. The van der Waals surface area contributed by atoms with Crippen LogP contribution >= 0.6 is 22.3 Å². The first-order valence-electron chi connectivity index (χ1n) is 3.16. The monoisotopic (exact) mass is 255 g/mol. The Balaban J connectivity index is 0.00000169. The van der Waals surface area contributed by atoms with Crippen molar-refractivity contribution in [2.24, 2.45) is 0 Å². The zero-order valence-electron chi connectivity index (χ0n) is 6.91. The molecule has 14 heavy (non-hydrogen) atoms. The fourth-order valence-electron chi connectivity index (χ4n) is 0.770. The Morgan fingerprint density at radius 3 is 2.29 bits per heavy atom. The van der Waals surface area contributed by atoms with Crippen LogP contribution in [0.3, 0.4) is 0 Å². The summed E-state index contributed by atoms with van der Waals surface area (Å²) in [7, 11) is 1.26. The maximum atomic E-state index is 10.8. The molecule has 1 rings (SSSR count). The fourth-order valence-corrected chi connectivity index (χ4v) is 1.68. The molecule has 0 aromatic heterocycles. The van der Waals surface area contributed by atoms with Crippen LogP contribution < -0.4 is 6.15 Å². The number of carbonyl (C=O) groups is 1. The van der Waals surface area contributed by atoms with E-state index in [1.807, 2.05) is 0 Å². The minimum Gasteiger partial charge on any atom is -0.344 e. The quantitative estimate of drug-likeness (QED) is 0.821. The molecule has 1 aromatic carbocycles. The van der Waals surface area contributed by atoms with Gasteiger partial charge >= 0.3 is 0 Å². The van der Waals surface area contributed by atoms with E-state index in [0.29, 0.717) is 0 Å². The minimum absolute atomic E-state index is 0. The Morgan fingerprint density at radius 2 is 1.86 bits per heavy atom. The molecular weight excluding hydrogens is 249 g/mol. The number of hydrogen-bond acceptors (Lipinski definition) is 4. The molecule has 0 amide bonds. The second-order valence-electron chi connectivity index (χ2n) is 2.24. The first-order chi connectivity index (χ1) is 5.91. The molecule has 0 atom stereocenters. The highest BCUT2D eigenvalue weighted by Gasteiger charge is 2.11. The number of rotatable bonds is 2. The lowest BCUT2D eigenvalue weighted by Gasteiger charge is -1.97. The molecule has 0 heterocycles. The average molecular weight is 256 g/mol. The zero-order valence-corrected chi connectivity index (χ0v) is 9.23. The molecule has 0 saturated heterocycles. The molecule has 0 bridgehead atoms. The normalized spacial score (nSPS) is 10.4. The highest BCUT2D eigenvalue weighted by Crippen LogP contribution is 2.16. The van der Waals surface area contributed by atoms with E-state index in [1.165, 1.54) is 18.2 Å². The van der Waals surface area contributed by atoms with Gasteiger partial charge in [-0.2, -0.15) is 0 Å². The van der Waals surface area contributed by atoms with E-state index in [0.717, 1.165) is 6.07 Å². The Bertz CT molecular complexity index is 444. The summed E-state index contributed by atoms with van der Waals surface area (Å²) in [6.07, 6.45) is 0. The average Bonchev–Trinajstić information content (AvgIpc) is 2.03. The Kier molecular flexibility index (Phi) is 4.54. The molecule has 0 aliphatic rings. The highest BCUT2D eigenvalue weighted by atomic mass is 35.7. The van der Waals surface area contributed by atoms with Crippen molar-refractivity contribution < 1.29 is 13.2 Å². The van der Waals surface area contributed by atoms with E-state index < -0.39 is 14.3 Å². The zero-order chi connectivity index (χ0) is 10.1. The van der Waals surface area contributed by atoms with Crippen LogP contribution in [0.2, 0.25) is 0 Å². The molecule has 0 unspecified atom stereocenters. The van der Waals surface area contributed by atoms with Gasteiger partial charge in [0, 0.05) is 16.2 Å². The van der Waals surface area contributed by atoms with Crippen LogP contribution in [0.4, 0.5) is 0 Å². The van der Waals surface area contributed by atoms with Gasteiger partial charge in [-0.05, 0) is 23.7 Å². The summed E-state index contributed by atoms with van der Waals surface area (Å²) < 4.78 is 21.6. The van der Waals surface area contributed by atoms with E-state index in [9.17, 15) is 13.2 Å². The van der Waals surface area contributed by atoms with E-state index in [4.69, 9.17) is 22.3 Å². The number of benzene rings is 1. The number of carbonyl (C=O) groups excluding carboxylic acids is 1. The van der Waals surface area contributed by atoms with E-state index >= 15 is 0 Å². The van der Waals surface area contributed by atoms with Crippen LogP contribution in [0.5, 0.6) is 0 Å². The molecule has 0 spiro atoms. The first kappa shape index (κ1) is 13.4. The predicted molar refractivity (Wildman–Crippen MR) is 54.7 cm³/mol. The Labute approximate surface area is 90.8 Å². The van der Waals surface area contributed by atoms with Gasteiger partial charge in [-0.1, -0.05) is 12.1 Å². The third-order valence-electron chi connectivity index (χ3n) is 1.34. The van der Waals surface area contributed by atoms with Crippen molar-refractivity contribution in [1.82, 2.24) is 6.15 Å². The summed E-state index contributed by atoms with van der Waals surface area (Å²) in [5.41, 5.74) is 0.100. The van der Waals surface area contributed by atoms with Gasteiger partial charge < -0.3 is 6.15 Å². The standard InChI is InChI=1S/C7H4Cl2O3S.H3N/c8-7(10)5-2-1-3-6(4-5)13(9,11)12;/h1-4H;1H3. The van der Waals surface area contributed by atoms with Crippen molar-refractivity contribution >= 4 is 36.6 Å². The summed E-state index contributed by atoms with van der Waals surface area (Å²) in [4.78, 5) is 10.5. The van der Waals surface area contributed by atoms with Gasteiger partial charge in [0.15, 0.2) is 0 Å². The van der Waals surface area contributed by atoms with Gasteiger partial charge in [0.05, 0.1) is 4.90 Å². The van der Waals surface area contributed by atoms with Crippen LogP contribution in [0.1, 0.15) is 10.4 Å². The largest absolute Gasteiger partial charge is 0.344 e. The van der Waals surface area contributed by atoms with Crippen LogP contribution in [0.25, 0.3) is 0 Å². The number of hydrogen-bond donors (Lipinski definition) is 1. The highest BCUT2D eigenvalue weighted by molar-refractivity contribution is 8.13. The molecule has 0 fully saturated rings. The lowest BCUT2D eigenvalue weighted by atomic mass is 10.2. The summed E-state index contributed by atoms with van der Waals surface area (Å²) in [5, 5.41) is -0.720. The van der Waals surface area contributed by atoms with Gasteiger partial charge in [-0.15, -0.1) is 0 Å². The van der Waals surface area contributed by atoms with Crippen molar-refractivity contribution in [2.45, 2.75) is 4.90 Å². The molecule has 0 radical (unpaired) electrons. The van der Waals surface area contributed by atoms with E-state index in [2.05, 4.69) is 0 Å². The smallest absolute Gasteiger partial charge is 0.261 e. The summed E-state index contributed by atoms with van der Waals surface area (Å²) in [6, 6.07) is 5.20. The van der Waals surface area contributed by atoms with Gasteiger partial charge in [-0.25, -0.2) is 8.42 Å². The van der Waals surface area contributed by atoms with Gasteiger partial charge in [0.25, 0.3) is 14.3 Å². The topological polar surface area (TPSA) is 86.2 Å². The second kappa shape index (κ2) is 4.75.